The van der Waals surface area contributed by atoms with Crippen molar-refractivity contribution < 1.29 is 17.9 Å². The second kappa shape index (κ2) is 8.83. The van der Waals surface area contributed by atoms with E-state index in [4.69, 9.17) is 4.74 Å². The van der Waals surface area contributed by atoms with Crippen molar-refractivity contribution in [1.82, 2.24) is 9.21 Å². The Hall–Kier alpha value is -1.64. The number of anilines is 1. The zero-order chi connectivity index (χ0) is 19.3. The molecule has 1 N–H and O–H groups in total. The molecule has 0 aromatic heterocycles. The summed E-state index contributed by atoms with van der Waals surface area (Å²) in [6.07, 6.45) is 5.93. The molecule has 0 aliphatic heterocycles. The number of amides is 1. The summed E-state index contributed by atoms with van der Waals surface area (Å²) in [5.41, 5.74) is 0.438. The highest BCUT2D eigenvalue weighted by Crippen LogP contribution is 2.29. The quantitative estimate of drug-likeness (QED) is 0.780. The number of benzene rings is 1. The third kappa shape index (κ3) is 4.96. The average Bonchev–Trinajstić information content (AvgIpc) is 2.62. The number of carbonyl (C=O) groups excluding carboxylic acids is 1. The summed E-state index contributed by atoms with van der Waals surface area (Å²) in [5, 5.41) is 2.80. The second-order valence-corrected chi connectivity index (χ2v) is 9.03. The third-order valence-electron chi connectivity index (χ3n) is 4.80. The molecule has 0 bridgehead atoms. The van der Waals surface area contributed by atoms with Crippen LogP contribution >= 0.6 is 0 Å². The van der Waals surface area contributed by atoms with Gasteiger partial charge in [-0.1, -0.05) is 19.3 Å². The van der Waals surface area contributed by atoms with E-state index in [1.54, 1.807) is 12.1 Å². The fourth-order valence-electron chi connectivity index (χ4n) is 3.23. The highest BCUT2D eigenvalue weighted by molar-refractivity contribution is 7.89. The average molecular weight is 384 g/mol. The summed E-state index contributed by atoms with van der Waals surface area (Å²) < 4.78 is 31.2. The molecule has 1 amide bonds. The van der Waals surface area contributed by atoms with Crippen LogP contribution in [0.3, 0.4) is 0 Å². The van der Waals surface area contributed by atoms with Crippen LogP contribution in [0.1, 0.15) is 32.1 Å². The van der Waals surface area contributed by atoms with Crippen LogP contribution in [-0.2, 0) is 14.8 Å². The van der Waals surface area contributed by atoms with Crippen LogP contribution in [0, 0.1) is 0 Å². The van der Waals surface area contributed by atoms with Crippen molar-refractivity contribution >= 4 is 21.6 Å². The van der Waals surface area contributed by atoms with Crippen molar-refractivity contribution in [2.24, 2.45) is 0 Å². The molecule has 2 rings (SSSR count). The second-order valence-electron chi connectivity index (χ2n) is 6.91. The fraction of sp³-hybridized carbons (Fsp3) is 0.611. The number of nitrogens with one attached hydrogen (secondary N) is 1. The van der Waals surface area contributed by atoms with Crippen LogP contribution < -0.4 is 10.1 Å². The summed E-state index contributed by atoms with van der Waals surface area (Å²) in [6.45, 7) is 0.284. The molecule has 146 valence electrons. The smallest absolute Gasteiger partial charge is 0.246 e. The van der Waals surface area contributed by atoms with Crippen LogP contribution in [0.15, 0.2) is 23.1 Å². The Balaban J connectivity index is 2.10. The monoisotopic (exact) mass is 383 g/mol. The van der Waals surface area contributed by atoms with Crippen LogP contribution in [0.4, 0.5) is 5.69 Å². The lowest BCUT2D eigenvalue weighted by molar-refractivity contribution is -0.117. The van der Waals surface area contributed by atoms with Gasteiger partial charge in [-0.3, -0.25) is 9.69 Å². The maximum Gasteiger partial charge on any atom is 0.246 e. The van der Waals surface area contributed by atoms with E-state index in [1.807, 2.05) is 7.05 Å². The first-order valence-electron chi connectivity index (χ1n) is 8.86. The summed E-state index contributed by atoms with van der Waals surface area (Å²) in [6, 6.07) is 5.07. The van der Waals surface area contributed by atoms with Gasteiger partial charge < -0.3 is 10.1 Å². The number of rotatable bonds is 7. The highest BCUT2D eigenvalue weighted by Gasteiger charge is 2.24. The first-order chi connectivity index (χ1) is 12.3. The molecule has 0 unspecified atom stereocenters. The molecule has 1 aliphatic carbocycles. The van der Waals surface area contributed by atoms with Gasteiger partial charge in [-0.15, -0.1) is 0 Å². The van der Waals surface area contributed by atoms with Gasteiger partial charge in [0.1, 0.15) is 10.6 Å². The number of nitrogens with zero attached hydrogens (tertiary/aromatic N) is 2. The Morgan fingerprint density at radius 3 is 2.42 bits per heavy atom. The normalized spacial score (nSPS) is 16.1. The summed E-state index contributed by atoms with van der Waals surface area (Å²) in [4.78, 5) is 14.5. The molecule has 1 saturated carbocycles. The summed E-state index contributed by atoms with van der Waals surface area (Å²) in [7, 11) is 2.63. The van der Waals surface area contributed by atoms with E-state index in [-0.39, 0.29) is 23.1 Å². The molecule has 1 aliphatic rings. The molecule has 26 heavy (non-hydrogen) atoms. The van der Waals surface area contributed by atoms with E-state index in [9.17, 15) is 13.2 Å². The molecule has 7 nitrogen and oxygen atoms in total. The maximum atomic E-state index is 12.5. The SMILES string of the molecule is COc1ccc(NC(=O)CN(C)C2CCCCC2)cc1S(=O)(=O)N(C)C. The van der Waals surface area contributed by atoms with Gasteiger partial charge in [0, 0.05) is 25.8 Å². The van der Waals surface area contributed by atoms with Gasteiger partial charge in [-0.05, 0) is 38.1 Å². The predicted octanol–water partition coefficient (Wildman–Crippen LogP) is 2.15. The Kier molecular flexibility index (Phi) is 7.02. The van der Waals surface area contributed by atoms with E-state index in [0.717, 1.165) is 17.1 Å². The first kappa shape index (κ1) is 20.7. The molecule has 0 heterocycles. The Morgan fingerprint density at radius 2 is 1.85 bits per heavy atom. The standard InChI is InChI=1S/C18H29N3O4S/c1-20(2)26(23,24)17-12-14(10-11-16(17)25-4)19-18(22)13-21(3)15-8-6-5-7-9-15/h10-12,15H,5-9,13H2,1-4H3,(H,19,22). The molecule has 1 aromatic rings. The lowest BCUT2D eigenvalue weighted by atomic mass is 9.94. The Morgan fingerprint density at radius 1 is 1.19 bits per heavy atom. The third-order valence-corrected chi connectivity index (χ3v) is 6.63. The van der Waals surface area contributed by atoms with Crippen molar-refractivity contribution in [3.63, 3.8) is 0 Å². The van der Waals surface area contributed by atoms with Crippen molar-refractivity contribution in [3.05, 3.63) is 18.2 Å². The lowest BCUT2D eigenvalue weighted by Crippen LogP contribution is -2.39. The van der Waals surface area contributed by atoms with E-state index < -0.39 is 10.0 Å². The maximum absolute atomic E-state index is 12.5. The number of sulfonamides is 1. The van der Waals surface area contributed by atoms with Crippen molar-refractivity contribution in [2.75, 3.05) is 40.1 Å². The first-order valence-corrected chi connectivity index (χ1v) is 10.3. The molecular weight excluding hydrogens is 354 g/mol. The molecule has 0 spiro atoms. The van der Waals surface area contributed by atoms with Gasteiger partial charge in [0.05, 0.1) is 13.7 Å². The van der Waals surface area contributed by atoms with Crippen LogP contribution in [0.5, 0.6) is 5.75 Å². The number of likely N-dealkylation sites (N-methyl/N-ethyl adjacent to an activating group) is 1. The molecule has 1 fully saturated rings. The van der Waals surface area contributed by atoms with E-state index in [2.05, 4.69) is 10.2 Å². The van der Waals surface area contributed by atoms with Crippen LogP contribution in [0.2, 0.25) is 0 Å². The predicted molar refractivity (Wildman–Crippen MR) is 102 cm³/mol. The zero-order valence-corrected chi connectivity index (χ0v) is 16.8. The van der Waals surface area contributed by atoms with E-state index in [0.29, 0.717) is 11.7 Å². The largest absolute Gasteiger partial charge is 0.495 e. The molecule has 0 atom stereocenters. The number of carbonyl (C=O) groups is 1. The van der Waals surface area contributed by atoms with Gasteiger partial charge in [-0.2, -0.15) is 0 Å². The van der Waals surface area contributed by atoms with Crippen LogP contribution in [-0.4, -0.2) is 64.4 Å². The van der Waals surface area contributed by atoms with E-state index >= 15 is 0 Å². The number of hydrogen-bond acceptors (Lipinski definition) is 5. The van der Waals surface area contributed by atoms with Gasteiger partial charge in [0.2, 0.25) is 15.9 Å². The number of methoxy groups -OCH3 is 1. The number of hydrogen-bond donors (Lipinski definition) is 1. The topological polar surface area (TPSA) is 79.0 Å². The lowest BCUT2D eigenvalue weighted by Gasteiger charge is -2.30. The number of ether oxygens (including phenoxy) is 1. The van der Waals surface area contributed by atoms with Gasteiger partial charge in [0.15, 0.2) is 0 Å². The molecule has 1 aromatic carbocycles. The Bertz CT molecular complexity index is 728. The van der Waals surface area contributed by atoms with E-state index in [1.165, 1.54) is 46.5 Å². The van der Waals surface area contributed by atoms with Crippen molar-refractivity contribution in [1.29, 1.82) is 0 Å². The zero-order valence-electron chi connectivity index (χ0n) is 16.0. The Labute approximate surface area is 156 Å². The minimum absolute atomic E-state index is 0.0310. The van der Waals surface area contributed by atoms with Crippen molar-refractivity contribution in [2.45, 2.75) is 43.0 Å². The molecule has 0 radical (unpaired) electrons. The minimum Gasteiger partial charge on any atom is -0.495 e. The molecule has 8 heteroatoms. The minimum atomic E-state index is -3.67. The summed E-state index contributed by atoms with van der Waals surface area (Å²) in [5.74, 6) is 0.0902. The van der Waals surface area contributed by atoms with Gasteiger partial charge in [0.25, 0.3) is 0 Å². The van der Waals surface area contributed by atoms with Gasteiger partial charge >= 0.3 is 0 Å². The fourth-order valence-corrected chi connectivity index (χ4v) is 4.31. The van der Waals surface area contributed by atoms with Crippen LogP contribution in [0.25, 0.3) is 0 Å². The van der Waals surface area contributed by atoms with Gasteiger partial charge in [-0.25, -0.2) is 12.7 Å². The molecular formula is C18H29N3O4S. The molecule has 0 saturated heterocycles. The van der Waals surface area contributed by atoms with Crippen molar-refractivity contribution in [3.8, 4) is 5.75 Å². The highest BCUT2D eigenvalue weighted by atomic mass is 32.2. The summed E-state index contributed by atoms with van der Waals surface area (Å²) >= 11 is 0.